The van der Waals surface area contributed by atoms with E-state index in [1.807, 2.05) is 30.3 Å². The minimum Gasteiger partial charge on any atom is -0.491 e. The fourth-order valence-electron chi connectivity index (χ4n) is 4.49. The van der Waals surface area contributed by atoms with Crippen molar-refractivity contribution < 1.29 is 13.9 Å². The summed E-state index contributed by atoms with van der Waals surface area (Å²) in [5.41, 5.74) is 13.2. The molecule has 170 valence electrons. The number of rotatable bonds is 5. The zero-order valence-corrected chi connectivity index (χ0v) is 17.8. The maximum atomic E-state index is 14.9. The van der Waals surface area contributed by atoms with Crippen molar-refractivity contribution in [3.8, 4) is 5.75 Å². The largest absolute Gasteiger partial charge is 0.491 e. The maximum Gasteiger partial charge on any atom is 0.167 e. The highest BCUT2D eigenvalue weighted by Gasteiger charge is 2.37. The number of aromatic nitrogens is 4. The molecule has 4 aromatic rings. The minimum atomic E-state index is -1.19. The van der Waals surface area contributed by atoms with Crippen molar-refractivity contribution in [2.75, 3.05) is 30.3 Å². The average molecular weight is 449 g/mol. The molecule has 0 radical (unpaired) electrons. The third-order valence-electron chi connectivity index (χ3n) is 6.26. The molecule has 1 unspecified atom stereocenters. The van der Waals surface area contributed by atoms with E-state index < -0.39 is 12.4 Å². The summed E-state index contributed by atoms with van der Waals surface area (Å²) in [4.78, 5) is 15.1. The monoisotopic (exact) mass is 449 g/mol. The van der Waals surface area contributed by atoms with E-state index in [0.29, 0.717) is 22.6 Å². The number of hydrogen-bond acceptors (Lipinski definition) is 8. The first kappa shape index (κ1) is 20.1. The Kier molecular flexibility index (Phi) is 4.77. The first-order valence-corrected chi connectivity index (χ1v) is 11.0. The highest BCUT2D eigenvalue weighted by molar-refractivity contribution is 5.86. The summed E-state index contributed by atoms with van der Waals surface area (Å²) in [6.07, 6.45) is 0.971. The van der Waals surface area contributed by atoms with Gasteiger partial charge < -0.3 is 30.4 Å². The smallest absolute Gasteiger partial charge is 0.167 e. The van der Waals surface area contributed by atoms with Gasteiger partial charge in [0.2, 0.25) is 0 Å². The topological polar surface area (TPSA) is 117 Å². The lowest BCUT2D eigenvalue weighted by molar-refractivity contribution is -0.0310. The zero-order chi connectivity index (χ0) is 22.5. The van der Waals surface area contributed by atoms with E-state index in [1.54, 1.807) is 16.8 Å². The lowest BCUT2D eigenvalue weighted by Crippen LogP contribution is -2.56. The van der Waals surface area contributed by atoms with E-state index in [-0.39, 0.29) is 25.2 Å². The van der Waals surface area contributed by atoms with E-state index in [2.05, 4.69) is 14.9 Å². The molecule has 9 nitrogen and oxygen atoms in total. The van der Waals surface area contributed by atoms with E-state index in [4.69, 9.17) is 25.9 Å². The molecule has 2 aliphatic heterocycles. The fraction of sp³-hybridized carbons (Fsp3) is 0.348. The number of nitrogens with two attached hydrogens (primary N) is 2. The lowest BCUT2D eigenvalue weighted by Gasteiger charge is -2.37. The number of benzene rings is 1. The highest BCUT2D eigenvalue weighted by atomic mass is 19.1. The van der Waals surface area contributed by atoms with E-state index in [0.717, 1.165) is 29.8 Å². The van der Waals surface area contributed by atoms with Gasteiger partial charge >= 0.3 is 0 Å². The van der Waals surface area contributed by atoms with Crippen molar-refractivity contribution in [1.29, 1.82) is 0 Å². The van der Waals surface area contributed by atoms with Crippen LogP contribution in [-0.2, 0) is 4.74 Å². The van der Waals surface area contributed by atoms with Crippen molar-refractivity contribution >= 4 is 33.6 Å². The fourth-order valence-corrected chi connectivity index (χ4v) is 4.49. The second-order valence-corrected chi connectivity index (χ2v) is 8.62. The van der Waals surface area contributed by atoms with Crippen LogP contribution >= 0.6 is 0 Å². The number of alkyl halides is 1. The molecule has 2 aliphatic rings. The summed E-state index contributed by atoms with van der Waals surface area (Å²) in [5.74, 6) is 1.94. The van der Waals surface area contributed by atoms with E-state index in [9.17, 15) is 4.39 Å². The van der Waals surface area contributed by atoms with Crippen molar-refractivity contribution in [1.82, 2.24) is 19.5 Å². The van der Waals surface area contributed by atoms with Gasteiger partial charge in [-0.1, -0.05) is 0 Å². The molecule has 1 aromatic carbocycles. The van der Waals surface area contributed by atoms with Crippen LogP contribution in [0.1, 0.15) is 12.6 Å². The van der Waals surface area contributed by atoms with Crippen LogP contribution in [0, 0.1) is 0 Å². The Bertz CT molecular complexity index is 1320. The van der Waals surface area contributed by atoms with Crippen molar-refractivity contribution in [2.24, 2.45) is 5.73 Å². The molecule has 6 rings (SSSR count). The van der Waals surface area contributed by atoms with Gasteiger partial charge in [0.05, 0.1) is 17.0 Å². The summed E-state index contributed by atoms with van der Waals surface area (Å²) >= 11 is 0. The van der Waals surface area contributed by atoms with Gasteiger partial charge in [0, 0.05) is 43.2 Å². The molecule has 4 N–H and O–H groups in total. The van der Waals surface area contributed by atoms with Gasteiger partial charge in [0.1, 0.15) is 42.1 Å². The van der Waals surface area contributed by atoms with E-state index in [1.165, 1.54) is 6.33 Å². The van der Waals surface area contributed by atoms with Gasteiger partial charge in [-0.15, -0.1) is 0 Å². The maximum absolute atomic E-state index is 14.9. The summed E-state index contributed by atoms with van der Waals surface area (Å²) in [7, 11) is 0. The van der Waals surface area contributed by atoms with E-state index >= 15 is 0 Å². The molecule has 3 aromatic heterocycles. The Balaban J connectivity index is 1.15. The number of nitrogen functional groups attached to an aromatic ring is 1. The van der Waals surface area contributed by atoms with Crippen LogP contribution in [0.5, 0.6) is 5.75 Å². The van der Waals surface area contributed by atoms with Crippen LogP contribution in [-0.4, -0.2) is 57.5 Å². The summed E-state index contributed by atoms with van der Waals surface area (Å²) in [5, 5.41) is 1.70. The predicted molar refractivity (Wildman–Crippen MR) is 123 cm³/mol. The Morgan fingerprint density at radius 3 is 2.85 bits per heavy atom. The molecule has 2 fully saturated rings. The Morgan fingerprint density at radius 2 is 2.00 bits per heavy atom. The van der Waals surface area contributed by atoms with Crippen LogP contribution in [0.2, 0.25) is 0 Å². The van der Waals surface area contributed by atoms with Gasteiger partial charge in [0.15, 0.2) is 6.23 Å². The van der Waals surface area contributed by atoms with Crippen LogP contribution < -0.4 is 21.1 Å². The van der Waals surface area contributed by atoms with Gasteiger partial charge in [-0.25, -0.2) is 19.3 Å². The van der Waals surface area contributed by atoms with Crippen molar-refractivity contribution in [3.05, 3.63) is 48.9 Å². The molecule has 0 amide bonds. The van der Waals surface area contributed by atoms with Crippen molar-refractivity contribution in [2.45, 2.75) is 31.0 Å². The SMILES string of the molecule is Nc1ncnc2c1ccn2[C@@H]1O[C@H](COc2ccc3ccc(N4CC(N)C4)nc3c2)CC1F. The number of halogens is 1. The molecule has 3 atom stereocenters. The Hall–Kier alpha value is -3.50. The summed E-state index contributed by atoms with van der Waals surface area (Å²) in [6.45, 7) is 1.86. The molecule has 10 heteroatoms. The Labute approximate surface area is 189 Å². The normalized spacial score (nSPS) is 23.3. The molecule has 5 heterocycles. The van der Waals surface area contributed by atoms with Crippen LogP contribution in [0.4, 0.5) is 16.0 Å². The second-order valence-electron chi connectivity index (χ2n) is 8.62. The van der Waals surface area contributed by atoms with Crippen LogP contribution in [0.15, 0.2) is 48.9 Å². The van der Waals surface area contributed by atoms with Crippen LogP contribution in [0.25, 0.3) is 21.9 Å². The van der Waals surface area contributed by atoms with Gasteiger partial charge in [-0.05, 0) is 30.3 Å². The second kappa shape index (κ2) is 7.82. The van der Waals surface area contributed by atoms with Gasteiger partial charge in [-0.2, -0.15) is 0 Å². The molecule has 33 heavy (non-hydrogen) atoms. The lowest BCUT2D eigenvalue weighted by atomic mass is 10.1. The molecule has 0 aliphatic carbocycles. The summed E-state index contributed by atoms with van der Waals surface area (Å²) in [6, 6.07) is 11.8. The third-order valence-corrected chi connectivity index (χ3v) is 6.26. The number of ether oxygens (including phenoxy) is 2. The highest BCUT2D eigenvalue weighted by Crippen LogP contribution is 2.35. The van der Waals surface area contributed by atoms with Gasteiger partial charge in [-0.3, -0.25) is 0 Å². The third kappa shape index (κ3) is 3.61. The molecule has 2 saturated heterocycles. The van der Waals surface area contributed by atoms with Gasteiger partial charge in [0.25, 0.3) is 0 Å². The summed E-state index contributed by atoms with van der Waals surface area (Å²) < 4.78 is 28.5. The first-order chi connectivity index (χ1) is 16.0. The van der Waals surface area contributed by atoms with Crippen molar-refractivity contribution in [3.63, 3.8) is 0 Å². The standard InChI is InChI=1S/C23H24FN7O2/c24-18-7-16(33-23(18)31-6-5-17-21(26)27-12-28-22(17)31)11-32-15-3-1-13-2-4-20(29-19(13)8-15)30-9-14(25)10-30/h1-6,8,12,14,16,18,23H,7,9-11,25H2,(H2,26,27,28)/t16-,18?,23+/m0/s1. The molecule has 0 bridgehead atoms. The minimum absolute atomic E-state index is 0.209. The number of anilines is 2. The molecule has 0 saturated carbocycles. The molecule has 0 spiro atoms. The number of nitrogens with zero attached hydrogens (tertiary/aromatic N) is 5. The first-order valence-electron chi connectivity index (χ1n) is 11.0. The predicted octanol–water partition coefficient (Wildman–Crippen LogP) is 2.41. The number of pyridine rings is 1. The Morgan fingerprint density at radius 1 is 1.15 bits per heavy atom. The molecular weight excluding hydrogens is 425 g/mol. The quantitative estimate of drug-likeness (QED) is 0.477. The zero-order valence-electron chi connectivity index (χ0n) is 17.8. The molecular formula is C23H24FN7O2. The average Bonchev–Trinajstić information content (AvgIpc) is 3.39. The number of fused-ring (bicyclic) bond motifs is 2. The van der Waals surface area contributed by atoms with Crippen LogP contribution in [0.3, 0.4) is 0 Å². The number of hydrogen-bond donors (Lipinski definition) is 2.